The largest absolute Gasteiger partial charge is 0.387 e. The van der Waals surface area contributed by atoms with E-state index >= 15 is 0 Å². The van der Waals surface area contributed by atoms with Crippen LogP contribution in [0.1, 0.15) is 17.3 Å². The first kappa shape index (κ1) is 15.5. The van der Waals surface area contributed by atoms with Crippen LogP contribution in [0.4, 0.5) is 0 Å². The summed E-state index contributed by atoms with van der Waals surface area (Å²) in [5, 5.41) is 14.0. The van der Waals surface area contributed by atoms with Gasteiger partial charge in [-0.3, -0.25) is 4.79 Å². The highest BCUT2D eigenvalue weighted by molar-refractivity contribution is 6.06. The molecule has 1 heterocycles. The number of carbonyl (C=O) groups is 1. The Hall–Kier alpha value is -1.85. The van der Waals surface area contributed by atoms with Gasteiger partial charge in [0, 0.05) is 37.2 Å². The number of nitrogens with zero attached hydrogens (tertiary/aromatic N) is 2. The summed E-state index contributed by atoms with van der Waals surface area (Å²) in [5.74, 6) is -0.161. The number of rotatable bonds is 5. The molecule has 0 fully saturated rings. The average molecular weight is 289 g/mol. The number of hydrogen-bond donors (Lipinski definition) is 2. The van der Waals surface area contributed by atoms with E-state index in [0.29, 0.717) is 12.1 Å². The van der Waals surface area contributed by atoms with E-state index in [1.165, 1.54) is 0 Å². The number of nitrogens with one attached hydrogen (secondary N) is 1. The van der Waals surface area contributed by atoms with Crippen LogP contribution >= 0.6 is 0 Å². The molecule has 5 heteroatoms. The molecular weight excluding hydrogens is 266 g/mol. The van der Waals surface area contributed by atoms with Crippen LogP contribution in [0.15, 0.2) is 30.5 Å². The summed E-state index contributed by atoms with van der Waals surface area (Å²) in [7, 11) is 5.70. The molecule has 0 spiro atoms. The second-order valence-corrected chi connectivity index (χ2v) is 6.09. The van der Waals surface area contributed by atoms with Gasteiger partial charge in [0.05, 0.1) is 11.2 Å². The fourth-order valence-electron chi connectivity index (χ4n) is 2.63. The van der Waals surface area contributed by atoms with Crippen molar-refractivity contribution < 1.29 is 9.90 Å². The number of para-hydroxylation sites is 1. The van der Waals surface area contributed by atoms with E-state index in [4.69, 9.17) is 0 Å². The summed E-state index contributed by atoms with van der Waals surface area (Å²) in [5.41, 5.74) is 0.695. The summed E-state index contributed by atoms with van der Waals surface area (Å²) in [4.78, 5) is 14.2. The van der Waals surface area contributed by atoms with Gasteiger partial charge in [0.2, 0.25) is 0 Å². The van der Waals surface area contributed by atoms with Crippen molar-refractivity contribution in [1.29, 1.82) is 0 Å². The van der Waals surface area contributed by atoms with Gasteiger partial charge in [0.1, 0.15) is 0 Å². The molecule has 0 aliphatic rings. The average Bonchev–Trinajstić information content (AvgIpc) is 2.73. The number of aliphatic hydroxyl groups is 1. The standard InChI is InChI=1S/C16H23N3O2/c1-16(21,11-18(2)3)10-17-15(20)13-9-19(4)14-8-6-5-7-12(13)14/h5-9,21H,10-11H2,1-4H3,(H,17,20). The van der Waals surface area contributed by atoms with E-state index in [1.54, 1.807) is 6.92 Å². The molecular formula is C16H23N3O2. The molecule has 21 heavy (non-hydrogen) atoms. The summed E-state index contributed by atoms with van der Waals surface area (Å²) < 4.78 is 1.93. The van der Waals surface area contributed by atoms with Crippen molar-refractivity contribution in [1.82, 2.24) is 14.8 Å². The number of benzene rings is 1. The molecule has 1 unspecified atom stereocenters. The van der Waals surface area contributed by atoms with Crippen molar-refractivity contribution in [3.8, 4) is 0 Å². The Morgan fingerprint density at radius 1 is 1.38 bits per heavy atom. The number of amides is 1. The highest BCUT2D eigenvalue weighted by Crippen LogP contribution is 2.20. The summed E-state index contributed by atoms with van der Waals surface area (Å²) >= 11 is 0. The highest BCUT2D eigenvalue weighted by Gasteiger charge is 2.23. The van der Waals surface area contributed by atoms with Gasteiger partial charge in [0.25, 0.3) is 5.91 Å². The Bertz CT molecular complexity index is 644. The van der Waals surface area contributed by atoms with E-state index in [1.807, 2.05) is 61.1 Å². The molecule has 2 N–H and O–H groups in total. The van der Waals surface area contributed by atoms with Gasteiger partial charge in [-0.25, -0.2) is 0 Å². The molecule has 114 valence electrons. The van der Waals surface area contributed by atoms with Crippen LogP contribution in [-0.4, -0.2) is 53.3 Å². The van der Waals surface area contributed by atoms with Crippen molar-refractivity contribution in [3.63, 3.8) is 0 Å². The Labute approximate surface area is 125 Å². The Kier molecular flexibility index (Phi) is 4.34. The molecule has 0 bridgehead atoms. The molecule has 0 saturated carbocycles. The van der Waals surface area contributed by atoms with Crippen molar-refractivity contribution in [2.75, 3.05) is 27.2 Å². The molecule has 0 aliphatic carbocycles. The molecule has 2 rings (SSSR count). The lowest BCUT2D eigenvalue weighted by Gasteiger charge is -2.27. The highest BCUT2D eigenvalue weighted by atomic mass is 16.3. The Morgan fingerprint density at radius 2 is 2.05 bits per heavy atom. The molecule has 0 aliphatic heterocycles. The SMILES string of the molecule is CN(C)CC(C)(O)CNC(=O)c1cn(C)c2ccccc12. The van der Waals surface area contributed by atoms with Gasteiger partial charge < -0.3 is 19.9 Å². The van der Waals surface area contributed by atoms with Gasteiger partial charge in [-0.2, -0.15) is 0 Å². The first-order chi connectivity index (χ1) is 9.80. The smallest absolute Gasteiger partial charge is 0.253 e. The minimum absolute atomic E-state index is 0.161. The first-order valence-corrected chi connectivity index (χ1v) is 6.99. The van der Waals surface area contributed by atoms with Crippen molar-refractivity contribution in [2.45, 2.75) is 12.5 Å². The van der Waals surface area contributed by atoms with Crippen molar-refractivity contribution >= 4 is 16.8 Å². The lowest BCUT2D eigenvalue weighted by atomic mass is 10.1. The third kappa shape index (κ3) is 3.62. The monoisotopic (exact) mass is 289 g/mol. The topological polar surface area (TPSA) is 57.5 Å². The second kappa shape index (κ2) is 5.87. The fraction of sp³-hybridized carbons (Fsp3) is 0.438. The molecule has 5 nitrogen and oxygen atoms in total. The maximum absolute atomic E-state index is 12.4. The van der Waals surface area contributed by atoms with Gasteiger partial charge >= 0.3 is 0 Å². The predicted octanol–water partition coefficient (Wildman–Crippen LogP) is 1.22. The third-order valence-electron chi connectivity index (χ3n) is 3.43. The van der Waals surface area contributed by atoms with Gasteiger partial charge in [-0.15, -0.1) is 0 Å². The van der Waals surface area contributed by atoms with E-state index in [0.717, 1.165) is 10.9 Å². The first-order valence-electron chi connectivity index (χ1n) is 6.99. The number of carbonyl (C=O) groups excluding carboxylic acids is 1. The zero-order valence-electron chi connectivity index (χ0n) is 13.1. The number of fused-ring (bicyclic) bond motifs is 1. The number of aromatic nitrogens is 1. The molecule has 2 aromatic rings. The fourth-order valence-corrected chi connectivity index (χ4v) is 2.63. The Balaban J connectivity index is 2.13. The summed E-state index contributed by atoms with van der Waals surface area (Å²) in [6.45, 7) is 2.42. The van der Waals surface area contributed by atoms with Crippen LogP contribution in [-0.2, 0) is 7.05 Å². The normalized spacial score (nSPS) is 14.4. The van der Waals surface area contributed by atoms with Gasteiger partial charge in [-0.1, -0.05) is 18.2 Å². The van der Waals surface area contributed by atoms with Crippen LogP contribution in [0.2, 0.25) is 0 Å². The Morgan fingerprint density at radius 3 is 2.71 bits per heavy atom. The van der Waals surface area contributed by atoms with E-state index in [-0.39, 0.29) is 12.5 Å². The number of likely N-dealkylation sites (N-methyl/N-ethyl adjacent to an activating group) is 1. The third-order valence-corrected chi connectivity index (χ3v) is 3.43. The molecule has 1 aromatic heterocycles. The van der Waals surface area contributed by atoms with Crippen molar-refractivity contribution in [3.05, 3.63) is 36.0 Å². The van der Waals surface area contributed by atoms with E-state index < -0.39 is 5.60 Å². The summed E-state index contributed by atoms with van der Waals surface area (Å²) in [6, 6.07) is 7.78. The minimum atomic E-state index is -0.955. The maximum atomic E-state index is 12.4. The van der Waals surface area contributed by atoms with E-state index in [9.17, 15) is 9.90 Å². The zero-order valence-corrected chi connectivity index (χ0v) is 13.1. The molecule has 0 saturated heterocycles. The number of aryl methyl sites for hydroxylation is 1. The number of hydrogen-bond acceptors (Lipinski definition) is 3. The predicted molar refractivity (Wildman–Crippen MR) is 84.4 cm³/mol. The van der Waals surface area contributed by atoms with Gasteiger partial charge in [-0.05, 0) is 27.1 Å². The van der Waals surface area contributed by atoms with Crippen LogP contribution in [0.25, 0.3) is 10.9 Å². The van der Waals surface area contributed by atoms with Crippen LogP contribution in [0.3, 0.4) is 0 Å². The lowest BCUT2D eigenvalue weighted by Crippen LogP contribution is -2.47. The molecule has 1 atom stereocenters. The zero-order chi connectivity index (χ0) is 15.6. The quantitative estimate of drug-likeness (QED) is 0.870. The maximum Gasteiger partial charge on any atom is 0.253 e. The molecule has 1 amide bonds. The minimum Gasteiger partial charge on any atom is -0.387 e. The molecule has 1 aromatic carbocycles. The van der Waals surface area contributed by atoms with E-state index in [2.05, 4.69) is 5.32 Å². The van der Waals surface area contributed by atoms with Gasteiger partial charge in [0.15, 0.2) is 0 Å². The van der Waals surface area contributed by atoms with Crippen LogP contribution in [0.5, 0.6) is 0 Å². The lowest BCUT2D eigenvalue weighted by molar-refractivity contribution is 0.0326. The van der Waals surface area contributed by atoms with Crippen molar-refractivity contribution in [2.24, 2.45) is 7.05 Å². The molecule has 0 radical (unpaired) electrons. The second-order valence-electron chi connectivity index (χ2n) is 6.09. The summed E-state index contributed by atoms with van der Waals surface area (Å²) in [6.07, 6.45) is 1.82. The van der Waals surface area contributed by atoms with Crippen LogP contribution in [0, 0.1) is 0 Å². The van der Waals surface area contributed by atoms with Crippen LogP contribution < -0.4 is 5.32 Å².